The fourth-order valence-electron chi connectivity index (χ4n) is 9.93. The summed E-state index contributed by atoms with van der Waals surface area (Å²) < 4.78 is 18.3. The lowest BCUT2D eigenvalue weighted by molar-refractivity contribution is 0.592. The Labute approximate surface area is 351 Å². The van der Waals surface area contributed by atoms with Crippen molar-refractivity contribution in [2.75, 3.05) is 0 Å². The van der Waals surface area contributed by atoms with Gasteiger partial charge in [0.05, 0.1) is 16.6 Å². The Morgan fingerprint density at radius 2 is 0.852 bits per heavy atom. The molecule has 0 saturated carbocycles. The highest BCUT2D eigenvalue weighted by Crippen LogP contribution is 2.45. The Morgan fingerprint density at radius 1 is 0.344 bits per heavy atom. The maximum Gasteiger partial charge on any atom is 0.171 e. The number of rotatable bonds is 4. The molecule has 0 N–H and O–H groups in total. The largest absolute Gasteiger partial charge is 0.309 e. The van der Waals surface area contributed by atoms with Crippen molar-refractivity contribution in [1.82, 2.24) is 9.38 Å². The molecule has 0 unspecified atom stereocenters. The molecule has 4 heteroatoms. The monoisotopic (exact) mass is 794 g/mol. The van der Waals surface area contributed by atoms with E-state index in [1.807, 2.05) is 24.3 Å². The number of pyridine rings is 1. The highest BCUT2D eigenvalue weighted by atomic mass is 31.2. The van der Waals surface area contributed by atoms with Gasteiger partial charge in [-0.2, -0.15) is 0 Å². The van der Waals surface area contributed by atoms with Crippen LogP contribution in [0.4, 0.5) is 0 Å². The van der Waals surface area contributed by atoms with Gasteiger partial charge in [0.15, 0.2) is 7.14 Å². The van der Waals surface area contributed by atoms with Gasteiger partial charge >= 0.3 is 0 Å². The third-order valence-electron chi connectivity index (χ3n) is 13.0. The lowest BCUT2D eigenvalue weighted by atomic mass is 9.95. The Bertz CT molecular complexity index is 3970. The number of hydrogen-bond donors (Lipinski definition) is 0. The zero-order chi connectivity index (χ0) is 40.2. The van der Waals surface area contributed by atoms with Crippen molar-refractivity contribution < 1.29 is 4.57 Å². The van der Waals surface area contributed by atoms with Crippen molar-refractivity contribution in [1.29, 1.82) is 0 Å². The molecule has 0 bridgehead atoms. The van der Waals surface area contributed by atoms with Gasteiger partial charge < -0.3 is 4.57 Å². The lowest BCUT2D eigenvalue weighted by Gasteiger charge is -2.22. The molecule has 0 atom stereocenters. The third kappa shape index (κ3) is 5.11. The molecule has 11 aromatic carbocycles. The van der Waals surface area contributed by atoms with Crippen molar-refractivity contribution in [2.45, 2.75) is 0 Å². The second-order valence-corrected chi connectivity index (χ2v) is 19.0. The van der Waals surface area contributed by atoms with Crippen molar-refractivity contribution in [3.05, 3.63) is 212 Å². The maximum absolute atomic E-state index is 16.0. The summed E-state index contributed by atoms with van der Waals surface area (Å²) in [5, 5.41) is 17.5. The van der Waals surface area contributed by atoms with Gasteiger partial charge in [-0.05, 0) is 119 Å². The van der Waals surface area contributed by atoms with Crippen LogP contribution in [0.15, 0.2) is 212 Å². The standard InChI is InChI=1S/C57H35N2OP/c60-61(45-24-19-36-9-1-3-12-39(36)32-45,46-25-20-37-10-2-4-13-40(37)33-46)47-26-29-49-44(34-47)18-17-43-31-41(22-27-48(43)49)42-23-30-54-52(35-42)51-28-21-38-11-5-6-14-50(38)56(51)57-58-53-15-7-8-16-55(53)59(54)57/h1-35H. The molecule has 284 valence electrons. The molecule has 13 rings (SSSR count). The normalized spacial score (nSPS) is 12.3. The first kappa shape index (κ1) is 34.3. The van der Waals surface area contributed by atoms with E-state index in [4.69, 9.17) is 4.98 Å². The van der Waals surface area contributed by atoms with Gasteiger partial charge in [0.25, 0.3) is 0 Å². The summed E-state index contributed by atoms with van der Waals surface area (Å²) in [5.41, 5.74) is 6.55. The second-order valence-electron chi connectivity index (χ2n) is 16.3. The van der Waals surface area contributed by atoms with Crippen LogP contribution < -0.4 is 15.9 Å². The van der Waals surface area contributed by atoms with Crippen molar-refractivity contribution in [3.8, 4) is 11.1 Å². The highest BCUT2D eigenvalue weighted by Gasteiger charge is 2.31. The molecule has 2 aromatic heterocycles. The fourth-order valence-corrected chi connectivity index (χ4v) is 12.6. The fraction of sp³-hybridized carbons (Fsp3) is 0. The van der Waals surface area contributed by atoms with Crippen molar-refractivity contribution in [2.24, 2.45) is 0 Å². The molecule has 2 heterocycles. The van der Waals surface area contributed by atoms with Gasteiger partial charge in [-0.25, -0.2) is 4.98 Å². The van der Waals surface area contributed by atoms with Crippen molar-refractivity contribution in [3.63, 3.8) is 0 Å². The van der Waals surface area contributed by atoms with Crippen LogP contribution in [0, 0.1) is 0 Å². The third-order valence-corrected chi connectivity index (χ3v) is 16.0. The number of hydrogen-bond acceptors (Lipinski definition) is 2. The van der Waals surface area contributed by atoms with Crippen LogP contribution in [0.25, 0.3) is 103 Å². The predicted octanol–water partition coefficient (Wildman–Crippen LogP) is 13.9. The molecule has 0 saturated heterocycles. The number of fused-ring (bicyclic) bond motifs is 15. The van der Waals surface area contributed by atoms with Crippen LogP contribution in [-0.4, -0.2) is 9.38 Å². The van der Waals surface area contributed by atoms with Gasteiger partial charge in [-0.15, -0.1) is 0 Å². The van der Waals surface area contributed by atoms with E-state index in [0.717, 1.165) is 86.9 Å². The zero-order valence-electron chi connectivity index (χ0n) is 33.0. The van der Waals surface area contributed by atoms with E-state index in [1.165, 1.54) is 32.3 Å². The summed E-state index contributed by atoms with van der Waals surface area (Å²) in [4.78, 5) is 5.20. The van der Waals surface area contributed by atoms with E-state index in [0.29, 0.717) is 0 Å². The molecule has 0 aliphatic rings. The highest BCUT2D eigenvalue weighted by molar-refractivity contribution is 7.85. The van der Waals surface area contributed by atoms with E-state index in [-0.39, 0.29) is 0 Å². The van der Waals surface area contributed by atoms with Crippen LogP contribution >= 0.6 is 7.14 Å². The summed E-state index contributed by atoms with van der Waals surface area (Å²) in [7, 11) is -3.28. The molecule has 0 amide bonds. The average Bonchev–Trinajstić information content (AvgIpc) is 3.72. The minimum atomic E-state index is -3.28. The molecule has 13 aromatic rings. The number of aromatic nitrogens is 2. The molecule has 0 aliphatic heterocycles. The number of nitrogens with zero attached hydrogens (tertiary/aromatic N) is 2. The summed E-state index contributed by atoms with van der Waals surface area (Å²) >= 11 is 0. The topological polar surface area (TPSA) is 34.4 Å². The average molecular weight is 795 g/mol. The molecule has 3 nitrogen and oxygen atoms in total. The van der Waals surface area contributed by atoms with E-state index < -0.39 is 7.14 Å². The summed E-state index contributed by atoms with van der Waals surface area (Å²) in [5.74, 6) is 0. The first-order valence-electron chi connectivity index (χ1n) is 20.8. The Morgan fingerprint density at radius 3 is 1.59 bits per heavy atom. The van der Waals surface area contributed by atoms with Gasteiger partial charge in [0.1, 0.15) is 5.65 Å². The van der Waals surface area contributed by atoms with Gasteiger partial charge in [-0.1, -0.05) is 164 Å². The Balaban J connectivity index is 0.964. The second kappa shape index (κ2) is 13.0. The maximum atomic E-state index is 16.0. The van der Waals surface area contributed by atoms with E-state index in [9.17, 15) is 0 Å². The molecule has 0 spiro atoms. The van der Waals surface area contributed by atoms with Crippen LogP contribution in [0.2, 0.25) is 0 Å². The molecular formula is C57H35N2OP. The first-order chi connectivity index (χ1) is 30.1. The summed E-state index contributed by atoms with van der Waals surface area (Å²) in [6, 6.07) is 75.2. The van der Waals surface area contributed by atoms with Crippen LogP contribution in [0.1, 0.15) is 0 Å². The van der Waals surface area contributed by atoms with Gasteiger partial charge in [0.2, 0.25) is 0 Å². The van der Waals surface area contributed by atoms with Gasteiger partial charge in [-0.3, -0.25) is 4.40 Å². The number of para-hydroxylation sites is 2. The SMILES string of the molecule is O=P(c1ccc2ccccc2c1)(c1ccc2ccccc2c1)c1ccc2c(ccc3cc(-c4ccc5c(c4)c4ccc6ccccc6c4c4nc6ccccc6n54)ccc32)c1. The minimum Gasteiger partial charge on any atom is -0.309 e. The molecule has 61 heavy (non-hydrogen) atoms. The molecule has 0 aliphatic carbocycles. The predicted molar refractivity (Wildman–Crippen MR) is 260 cm³/mol. The van der Waals surface area contributed by atoms with E-state index >= 15 is 4.57 Å². The number of imidazole rings is 1. The number of benzene rings is 11. The van der Waals surface area contributed by atoms with Crippen molar-refractivity contribution >= 4 is 115 Å². The van der Waals surface area contributed by atoms with E-state index in [2.05, 4.69) is 192 Å². The lowest BCUT2D eigenvalue weighted by Crippen LogP contribution is -2.25. The molecular weight excluding hydrogens is 760 g/mol. The molecule has 0 radical (unpaired) electrons. The summed E-state index contributed by atoms with van der Waals surface area (Å²) in [6.07, 6.45) is 0. The first-order valence-corrected chi connectivity index (χ1v) is 22.5. The Kier molecular flexibility index (Phi) is 7.29. The smallest absolute Gasteiger partial charge is 0.171 e. The van der Waals surface area contributed by atoms with Gasteiger partial charge in [0, 0.05) is 26.7 Å². The zero-order valence-corrected chi connectivity index (χ0v) is 33.9. The summed E-state index contributed by atoms with van der Waals surface area (Å²) in [6.45, 7) is 0. The minimum absolute atomic E-state index is 0.831. The van der Waals surface area contributed by atoms with Crippen LogP contribution in [-0.2, 0) is 4.57 Å². The quantitative estimate of drug-likeness (QED) is 0.131. The van der Waals surface area contributed by atoms with Crippen LogP contribution in [0.5, 0.6) is 0 Å². The Hall–Kier alpha value is -7.58. The molecule has 0 fully saturated rings. The van der Waals surface area contributed by atoms with E-state index in [1.54, 1.807) is 0 Å². The van der Waals surface area contributed by atoms with Crippen LogP contribution in [0.3, 0.4) is 0 Å².